The highest BCUT2D eigenvalue weighted by atomic mass is 35.5. The van der Waals surface area contributed by atoms with Crippen LogP contribution >= 0.6 is 24.8 Å². The molecule has 0 spiro atoms. The second kappa shape index (κ2) is 4.84. The molecule has 0 unspecified atom stereocenters. The summed E-state index contributed by atoms with van der Waals surface area (Å²) in [7, 11) is 0. The van der Waals surface area contributed by atoms with E-state index in [1.807, 2.05) is 18.2 Å². The number of aromatic nitrogens is 2. The summed E-state index contributed by atoms with van der Waals surface area (Å²) in [5.74, 6) is 0. The maximum atomic E-state index is 11.0. The van der Waals surface area contributed by atoms with Crippen LogP contribution in [0.15, 0.2) is 35.4 Å². The quantitative estimate of drug-likeness (QED) is 0.733. The Morgan fingerprint density at radius 3 is 2.54 bits per heavy atom. The fourth-order valence-electron chi connectivity index (χ4n) is 1.03. The number of aromatic amines is 1. The van der Waals surface area contributed by atoms with Gasteiger partial charge in [0.1, 0.15) is 0 Å². The van der Waals surface area contributed by atoms with Crippen molar-refractivity contribution in [1.29, 1.82) is 0 Å². The van der Waals surface area contributed by atoms with Crippen LogP contribution in [0.3, 0.4) is 0 Å². The fraction of sp³-hybridized carbons (Fsp3) is 0. The number of para-hydroxylation sites is 1. The van der Waals surface area contributed by atoms with Crippen molar-refractivity contribution in [3.63, 3.8) is 0 Å². The molecule has 2 aromatic rings. The molecule has 2 rings (SSSR count). The van der Waals surface area contributed by atoms with Gasteiger partial charge in [0.15, 0.2) is 0 Å². The Hall–Kier alpha value is -1.06. The lowest BCUT2D eigenvalue weighted by molar-refractivity contribution is 1.17. The zero-order chi connectivity index (χ0) is 7.68. The lowest BCUT2D eigenvalue weighted by atomic mass is 10.2. The minimum Gasteiger partial charge on any atom is -0.346 e. The van der Waals surface area contributed by atoms with Gasteiger partial charge >= 0.3 is 0 Å². The van der Waals surface area contributed by atoms with Crippen molar-refractivity contribution in [3.8, 4) is 0 Å². The molecule has 0 aliphatic rings. The van der Waals surface area contributed by atoms with Gasteiger partial charge in [0.05, 0.1) is 17.2 Å². The van der Waals surface area contributed by atoms with Crippen molar-refractivity contribution in [2.24, 2.45) is 0 Å². The van der Waals surface area contributed by atoms with E-state index in [9.17, 15) is 4.79 Å². The monoisotopic (exact) mass is 218 g/mol. The molecule has 0 saturated heterocycles. The molecule has 0 aliphatic carbocycles. The number of benzene rings is 1. The van der Waals surface area contributed by atoms with Gasteiger partial charge in [-0.3, -0.25) is 4.79 Å². The Balaban J connectivity index is 0.000000720. The van der Waals surface area contributed by atoms with E-state index in [2.05, 4.69) is 9.97 Å². The summed E-state index contributed by atoms with van der Waals surface area (Å²) in [6.45, 7) is 0. The highest BCUT2D eigenvalue weighted by Gasteiger charge is 1.94. The van der Waals surface area contributed by atoms with Crippen LogP contribution in [0.2, 0.25) is 0 Å². The Kier molecular flexibility index (Phi) is 4.45. The lowest BCUT2D eigenvalue weighted by Crippen LogP contribution is -2.05. The van der Waals surface area contributed by atoms with Gasteiger partial charge in [0.2, 0.25) is 0 Å². The molecule has 0 aliphatic heterocycles. The van der Waals surface area contributed by atoms with E-state index in [1.54, 1.807) is 6.07 Å². The third-order valence-corrected chi connectivity index (χ3v) is 1.56. The number of nitrogens with one attached hydrogen (secondary N) is 1. The van der Waals surface area contributed by atoms with E-state index in [0.717, 1.165) is 5.52 Å². The topological polar surface area (TPSA) is 45.8 Å². The third-order valence-electron chi connectivity index (χ3n) is 1.56. The van der Waals surface area contributed by atoms with E-state index in [0.29, 0.717) is 5.39 Å². The maximum Gasteiger partial charge on any atom is 0.280 e. The Morgan fingerprint density at radius 2 is 1.85 bits per heavy atom. The lowest BCUT2D eigenvalue weighted by Gasteiger charge is -1.92. The molecule has 0 saturated carbocycles. The van der Waals surface area contributed by atoms with Crippen molar-refractivity contribution in [2.75, 3.05) is 0 Å². The number of halogens is 2. The summed E-state index contributed by atoms with van der Waals surface area (Å²) in [6, 6.07) is 7.29. The van der Waals surface area contributed by atoms with Crippen molar-refractivity contribution in [2.45, 2.75) is 0 Å². The summed E-state index contributed by atoms with van der Waals surface area (Å²) in [4.78, 5) is 17.5. The first kappa shape index (κ1) is 11.9. The molecule has 70 valence electrons. The summed E-state index contributed by atoms with van der Waals surface area (Å²) < 4.78 is 0. The molecule has 3 nitrogen and oxygen atoms in total. The van der Waals surface area contributed by atoms with Gasteiger partial charge in [-0.15, -0.1) is 24.8 Å². The SMILES string of the molecule is Cl.Cl.O=c1nc[nH]c2ccccc12. The Bertz CT molecular complexity index is 436. The standard InChI is InChI=1S/C8H6N2O.2ClH/c11-8-6-3-1-2-4-7(6)9-5-10-8;;/h1-5H,(H,9,10,11);2*1H. The minimum absolute atomic E-state index is 0. The van der Waals surface area contributed by atoms with Crippen LogP contribution in [0.1, 0.15) is 0 Å². The number of rotatable bonds is 0. The van der Waals surface area contributed by atoms with Gasteiger partial charge in [-0.05, 0) is 12.1 Å². The van der Waals surface area contributed by atoms with Crippen molar-refractivity contribution in [3.05, 3.63) is 40.9 Å². The van der Waals surface area contributed by atoms with E-state index >= 15 is 0 Å². The largest absolute Gasteiger partial charge is 0.346 e. The van der Waals surface area contributed by atoms with Crippen LogP contribution < -0.4 is 5.56 Å². The van der Waals surface area contributed by atoms with Crippen LogP contribution in [0.5, 0.6) is 0 Å². The van der Waals surface area contributed by atoms with E-state index in [4.69, 9.17) is 0 Å². The van der Waals surface area contributed by atoms with Gasteiger partial charge in [0, 0.05) is 0 Å². The van der Waals surface area contributed by atoms with Crippen LogP contribution in [0.4, 0.5) is 0 Å². The zero-order valence-corrected chi connectivity index (χ0v) is 8.19. The van der Waals surface area contributed by atoms with Crippen LogP contribution in [-0.2, 0) is 0 Å². The maximum absolute atomic E-state index is 11.0. The smallest absolute Gasteiger partial charge is 0.280 e. The Labute approximate surface area is 87.0 Å². The highest BCUT2D eigenvalue weighted by Crippen LogP contribution is 2.02. The predicted octanol–water partition coefficient (Wildman–Crippen LogP) is 1.77. The van der Waals surface area contributed by atoms with Crippen LogP contribution in [-0.4, -0.2) is 9.97 Å². The molecule has 0 radical (unpaired) electrons. The van der Waals surface area contributed by atoms with Gasteiger partial charge in [-0.25, -0.2) is 0 Å². The normalized spacial score (nSPS) is 8.62. The molecule has 1 aromatic carbocycles. The molecule has 0 amide bonds. The summed E-state index contributed by atoms with van der Waals surface area (Å²) in [5.41, 5.74) is 0.645. The third kappa shape index (κ3) is 2.20. The molecule has 13 heavy (non-hydrogen) atoms. The molecule has 1 aromatic heterocycles. The van der Waals surface area contributed by atoms with Crippen LogP contribution in [0, 0.1) is 0 Å². The average Bonchev–Trinajstić information content (AvgIpc) is 2.06. The molecule has 5 heteroatoms. The molecule has 1 N–H and O–H groups in total. The second-order valence-electron chi connectivity index (χ2n) is 2.25. The molecule has 0 bridgehead atoms. The first-order valence-corrected chi connectivity index (χ1v) is 3.30. The van der Waals surface area contributed by atoms with E-state index in [-0.39, 0.29) is 30.4 Å². The van der Waals surface area contributed by atoms with Gasteiger partial charge in [-0.1, -0.05) is 12.1 Å². The van der Waals surface area contributed by atoms with Crippen molar-refractivity contribution < 1.29 is 0 Å². The summed E-state index contributed by atoms with van der Waals surface area (Å²) in [6.07, 6.45) is 1.41. The number of hydrogen-bond donors (Lipinski definition) is 1. The highest BCUT2D eigenvalue weighted by molar-refractivity contribution is 5.85. The van der Waals surface area contributed by atoms with Crippen molar-refractivity contribution >= 4 is 35.7 Å². The zero-order valence-electron chi connectivity index (χ0n) is 6.56. The number of nitrogens with zero attached hydrogens (tertiary/aromatic N) is 1. The molecular weight excluding hydrogens is 211 g/mol. The summed E-state index contributed by atoms with van der Waals surface area (Å²) in [5, 5.41) is 0.634. The van der Waals surface area contributed by atoms with Gasteiger partial charge < -0.3 is 4.98 Å². The molecule has 0 fully saturated rings. The number of hydrogen-bond acceptors (Lipinski definition) is 2. The fourth-order valence-corrected chi connectivity index (χ4v) is 1.03. The first-order valence-electron chi connectivity index (χ1n) is 3.30. The van der Waals surface area contributed by atoms with Crippen LogP contribution in [0.25, 0.3) is 10.9 Å². The average molecular weight is 219 g/mol. The molecular formula is C8H8Cl2N2O. The van der Waals surface area contributed by atoms with E-state index < -0.39 is 0 Å². The van der Waals surface area contributed by atoms with Gasteiger partial charge in [-0.2, -0.15) is 4.98 Å². The Morgan fingerprint density at radius 1 is 1.15 bits per heavy atom. The number of H-pyrrole nitrogens is 1. The molecule has 0 atom stereocenters. The molecule has 1 heterocycles. The van der Waals surface area contributed by atoms with Crippen molar-refractivity contribution in [1.82, 2.24) is 9.97 Å². The van der Waals surface area contributed by atoms with Gasteiger partial charge in [0.25, 0.3) is 5.56 Å². The van der Waals surface area contributed by atoms with E-state index in [1.165, 1.54) is 6.33 Å². The predicted molar refractivity (Wildman–Crippen MR) is 56.9 cm³/mol. The second-order valence-corrected chi connectivity index (χ2v) is 2.25. The first-order chi connectivity index (χ1) is 5.38. The summed E-state index contributed by atoms with van der Waals surface area (Å²) >= 11 is 0. The number of fused-ring (bicyclic) bond motifs is 1. The minimum atomic E-state index is -0.181.